The molecule has 0 fully saturated rings. The van der Waals surface area contributed by atoms with Gasteiger partial charge in [-0.2, -0.15) is 0 Å². The van der Waals surface area contributed by atoms with E-state index in [2.05, 4.69) is 4.98 Å². The topological polar surface area (TPSA) is 104 Å². The zero-order chi connectivity index (χ0) is 15.8. The molecule has 0 aromatic carbocycles. The van der Waals surface area contributed by atoms with Crippen molar-refractivity contribution in [1.29, 1.82) is 0 Å². The molecule has 0 aliphatic heterocycles. The lowest BCUT2D eigenvalue weighted by Gasteiger charge is -2.21. The van der Waals surface area contributed by atoms with Gasteiger partial charge in [-0.25, -0.2) is 4.79 Å². The summed E-state index contributed by atoms with van der Waals surface area (Å²) < 4.78 is 1.42. The molecule has 1 rings (SSSR count). The zero-order valence-corrected chi connectivity index (χ0v) is 12.9. The molecule has 1 aromatic rings. The van der Waals surface area contributed by atoms with Gasteiger partial charge in [0.1, 0.15) is 11.5 Å². The van der Waals surface area contributed by atoms with Crippen LogP contribution in [0, 0.1) is 0 Å². The number of hydrogen-bond donors (Lipinski definition) is 3. The summed E-state index contributed by atoms with van der Waals surface area (Å²) in [6.45, 7) is 3.36. The molecule has 0 radical (unpaired) electrons. The third-order valence-corrected chi connectivity index (χ3v) is 3.48. The Morgan fingerprint density at radius 3 is 2.57 bits per heavy atom. The van der Waals surface area contributed by atoms with Crippen molar-refractivity contribution in [1.82, 2.24) is 9.55 Å². The van der Waals surface area contributed by atoms with E-state index in [0.717, 1.165) is 32.1 Å². The molecule has 0 unspecified atom stereocenters. The van der Waals surface area contributed by atoms with Crippen LogP contribution in [-0.4, -0.2) is 34.9 Å². The number of nitrogens with zero attached hydrogens (tertiary/aromatic N) is 2. The summed E-state index contributed by atoms with van der Waals surface area (Å²) in [6.07, 6.45) is 4.25. The van der Waals surface area contributed by atoms with Gasteiger partial charge in [0.2, 0.25) is 0 Å². The van der Waals surface area contributed by atoms with E-state index in [1.54, 1.807) is 11.9 Å². The van der Waals surface area contributed by atoms with Crippen molar-refractivity contribution < 1.29 is 5.11 Å². The second kappa shape index (κ2) is 8.51. The molecule has 4 N–H and O–H groups in total. The molecule has 0 saturated heterocycles. The fourth-order valence-electron chi connectivity index (χ4n) is 2.23. The Kier molecular flexibility index (Phi) is 7.01. The predicted octanol–water partition coefficient (Wildman–Crippen LogP) is 0.518. The molecule has 0 spiro atoms. The number of unbranched alkanes of at least 4 members (excludes halogenated alkanes) is 3. The average molecular weight is 298 g/mol. The molecule has 0 amide bonds. The number of aromatic amines is 1. The summed E-state index contributed by atoms with van der Waals surface area (Å²) in [6, 6.07) is 0. The maximum Gasteiger partial charge on any atom is 0.330 e. The third-order valence-electron chi connectivity index (χ3n) is 3.48. The number of hydrogen-bond acceptors (Lipinski definition) is 5. The molecule has 0 bridgehead atoms. The molecule has 0 atom stereocenters. The summed E-state index contributed by atoms with van der Waals surface area (Å²) >= 11 is 0. The Morgan fingerprint density at radius 1 is 1.24 bits per heavy atom. The highest BCUT2D eigenvalue weighted by atomic mass is 16.3. The molecule has 7 heteroatoms. The largest absolute Gasteiger partial charge is 0.396 e. The van der Waals surface area contributed by atoms with E-state index in [1.165, 1.54) is 4.57 Å². The fraction of sp³-hybridized carbons (Fsp3) is 0.714. The highest BCUT2D eigenvalue weighted by Gasteiger charge is 2.15. The number of nitrogens with two attached hydrogens (primary N) is 1. The lowest BCUT2D eigenvalue weighted by Crippen LogP contribution is -2.37. The molecule has 1 aromatic heterocycles. The molecule has 0 saturated carbocycles. The van der Waals surface area contributed by atoms with Gasteiger partial charge in [0.15, 0.2) is 0 Å². The van der Waals surface area contributed by atoms with Gasteiger partial charge in [-0.3, -0.25) is 14.3 Å². The smallest absolute Gasteiger partial charge is 0.330 e. The Bertz CT molecular complexity index is 550. The zero-order valence-electron chi connectivity index (χ0n) is 12.9. The monoisotopic (exact) mass is 298 g/mol. The number of anilines is 2. The Hall–Kier alpha value is -1.76. The van der Waals surface area contributed by atoms with Crippen molar-refractivity contribution >= 4 is 11.5 Å². The van der Waals surface area contributed by atoms with Crippen molar-refractivity contribution in [2.75, 3.05) is 30.8 Å². The summed E-state index contributed by atoms with van der Waals surface area (Å²) in [5, 5.41) is 8.76. The second-order valence-electron chi connectivity index (χ2n) is 5.20. The first kappa shape index (κ1) is 17.3. The van der Waals surface area contributed by atoms with Crippen LogP contribution >= 0.6 is 0 Å². The Balaban J connectivity index is 2.95. The maximum absolute atomic E-state index is 12.0. The van der Waals surface area contributed by atoms with Gasteiger partial charge < -0.3 is 15.7 Å². The average Bonchev–Trinajstić information content (AvgIpc) is 2.43. The number of nitrogens with one attached hydrogen (secondary N) is 1. The fourth-order valence-corrected chi connectivity index (χ4v) is 2.23. The molecular weight excluding hydrogens is 272 g/mol. The molecule has 0 aliphatic rings. The number of rotatable bonds is 9. The van der Waals surface area contributed by atoms with Crippen LogP contribution in [-0.2, 0) is 6.54 Å². The van der Waals surface area contributed by atoms with Crippen LogP contribution in [0.15, 0.2) is 9.59 Å². The van der Waals surface area contributed by atoms with Crippen LogP contribution in [0.5, 0.6) is 0 Å². The van der Waals surface area contributed by atoms with Crippen molar-refractivity contribution in [3.63, 3.8) is 0 Å². The molecule has 7 nitrogen and oxygen atoms in total. The van der Waals surface area contributed by atoms with Gasteiger partial charge in [-0.1, -0.05) is 13.3 Å². The maximum atomic E-state index is 12.0. The van der Waals surface area contributed by atoms with Crippen LogP contribution in [0.1, 0.15) is 39.0 Å². The first-order valence-electron chi connectivity index (χ1n) is 7.47. The summed E-state index contributed by atoms with van der Waals surface area (Å²) in [4.78, 5) is 27.9. The Morgan fingerprint density at radius 2 is 1.95 bits per heavy atom. The molecule has 21 heavy (non-hydrogen) atoms. The van der Waals surface area contributed by atoms with Crippen molar-refractivity contribution in [3.05, 3.63) is 20.8 Å². The first-order chi connectivity index (χ1) is 10.0. The summed E-state index contributed by atoms with van der Waals surface area (Å²) in [5.41, 5.74) is 5.46. The Labute approximate surface area is 124 Å². The van der Waals surface area contributed by atoms with Gasteiger partial charge in [0, 0.05) is 26.7 Å². The molecule has 1 heterocycles. The van der Waals surface area contributed by atoms with E-state index in [0.29, 0.717) is 18.8 Å². The van der Waals surface area contributed by atoms with E-state index in [-0.39, 0.29) is 12.4 Å². The summed E-state index contributed by atoms with van der Waals surface area (Å²) in [5.74, 6) is 0.224. The first-order valence-corrected chi connectivity index (χ1v) is 7.47. The van der Waals surface area contributed by atoms with E-state index >= 15 is 0 Å². The second-order valence-corrected chi connectivity index (χ2v) is 5.20. The summed E-state index contributed by atoms with van der Waals surface area (Å²) in [7, 11) is 1.79. The van der Waals surface area contributed by atoms with Gasteiger partial charge in [-0.15, -0.1) is 0 Å². The van der Waals surface area contributed by atoms with Crippen molar-refractivity contribution in [2.24, 2.45) is 0 Å². The van der Waals surface area contributed by atoms with Crippen LogP contribution in [0.2, 0.25) is 0 Å². The van der Waals surface area contributed by atoms with E-state index in [1.807, 2.05) is 6.92 Å². The van der Waals surface area contributed by atoms with Gasteiger partial charge in [0.25, 0.3) is 5.56 Å². The normalized spacial score (nSPS) is 10.8. The van der Waals surface area contributed by atoms with Crippen molar-refractivity contribution in [3.8, 4) is 0 Å². The standard InChI is InChI=1S/C14H26N4O3/c1-3-4-9-18-12(15)11(13(20)16-14(18)21)17(2)8-6-5-7-10-19/h19H,3-10,15H2,1-2H3,(H,16,20,21). The number of H-pyrrole nitrogens is 1. The minimum atomic E-state index is -0.455. The highest BCUT2D eigenvalue weighted by Crippen LogP contribution is 2.16. The van der Waals surface area contributed by atoms with Crippen LogP contribution < -0.4 is 21.9 Å². The van der Waals surface area contributed by atoms with E-state index < -0.39 is 11.2 Å². The molecule has 0 aliphatic carbocycles. The quantitative estimate of drug-likeness (QED) is 0.576. The SMILES string of the molecule is CCCCn1c(N)c(N(C)CCCCCO)c(=O)[nH]c1=O. The van der Waals surface area contributed by atoms with Gasteiger partial charge in [-0.05, 0) is 25.7 Å². The lowest BCUT2D eigenvalue weighted by atomic mass is 10.2. The van der Waals surface area contributed by atoms with Crippen LogP contribution in [0.3, 0.4) is 0 Å². The number of nitrogen functional groups attached to an aromatic ring is 1. The van der Waals surface area contributed by atoms with E-state index in [9.17, 15) is 9.59 Å². The predicted molar refractivity (Wildman–Crippen MR) is 84.8 cm³/mol. The minimum absolute atomic E-state index is 0.175. The third kappa shape index (κ3) is 4.63. The molecular formula is C14H26N4O3. The number of aliphatic hydroxyl groups excluding tert-OH is 1. The van der Waals surface area contributed by atoms with Crippen molar-refractivity contribution in [2.45, 2.75) is 45.6 Å². The van der Waals surface area contributed by atoms with Crippen LogP contribution in [0.4, 0.5) is 11.5 Å². The number of aromatic nitrogens is 2. The number of aliphatic hydroxyl groups is 1. The van der Waals surface area contributed by atoms with Gasteiger partial charge >= 0.3 is 5.69 Å². The minimum Gasteiger partial charge on any atom is -0.396 e. The molecule has 120 valence electrons. The van der Waals surface area contributed by atoms with E-state index in [4.69, 9.17) is 10.8 Å². The van der Waals surface area contributed by atoms with Gasteiger partial charge in [0.05, 0.1) is 0 Å². The lowest BCUT2D eigenvalue weighted by molar-refractivity contribution is 0.283. The highest BCUT2D eigenvalue weighted by molar-refractivity contribution is 5.61. The van der Waals surface area contributed by atoms with Crippen LogP contribution in [0.25, 0.3) is 0 Å².